The van der Waals surface area contributed by atoms with Gasteiger partial charge in [-0.25, -0.2) is 4.79 Å². The second-order valence-electron chi connectivity index (χ2n) is 9.92. The molecule has 0 aliphatic carbocycles. The van der Waals surface area contributed by atoms with Gasteiger partial charge in [-0.1, -0.05) is 0 Å². The molecule has 0 bridgehead atoms. The molecule has 0 spiro atoms. The lowest BCUT2D eigenvalue weighted by molar-refractivity contribution is -0.0728. The van der Waals surface area contributed by atoms with Crippen molar-refractivity contribution in [3.05, 3.63) is 29.8 Å². The summed E-state index contributed by atoms with van der Waals surface area (Å²) in [6.07, 6.45) is 2.14. The summed E-state index contributed by atoms with van der Waals surface area (Å²) in [7, 11) is 0. The van der Waals surface area contributed by atoms with Crippen LogP contribution in [-0.4, -0.2) is 72.3 Å². The molecule has 2 amide bonds. The topological polar surface area (TPSA) is 71.1 Å². The monoisotopic (exact) mass is 431 g/mol. The summed E-state index contributed by atoms with van der Waals surface area (Å²) in [5.74, 6) is 0.679. The number of nitrogens with zero attached hydrogens (tertiary/aromatic N) is 2. The number of hydrogen-bond donors (Lipinski definition) is 1. The van der Waals surface area contributed by atoms with Gasteiger partial charge in [0.1, 0.15) is 5.60 Å². The zero-order valence-electron chi connectivity index (χ0n) is 19.5. The Morgan fingerprint density at radius 2 is 1.65 bits per heavy atom. The Bertz CT molecular complexity index is 741. The molecule has 2 atom stereocenters. The molecular formula is C24H37N3O4. The van der Waals surface area contributed by atoms with Crippen LogP contribution in [0.2, 0.25) is 0 Å². The Balaban J connectivity index is 1.46. The van der Waals surface area contributed by atoms with Crippen LogP contribution >= 0.6 is 0 Å². The van der Waals surface area contributed by atoms with Crippen molar-refractivity contribution < 1.29 is 19.1 Å². The molecule has 2 aliphatic heterocycles. The maximum absolute atomic E-state index is 12.9. The molecule has 0 aromatic heterocycles. The number of morpholine rings is 1. The molecule has 1 aromatic rings. The van der Waals surface area contributed by atoms with E-state index < -0.39 is 11.7 Å². The highest BCUT2D eigenvalue weighted by molar-refractivity contribution is 5.95. The number of likely N-dealkylation sites (tertiary alicyclic amines) is 1. The van der Waals surface area contributed by atoms with Crippen LogP contribution in [-0.2, 0) is 9.47 Å². The molecule has 2 unspecified atom stereocenters. The average Bonchev–Trinajstić information content (AvgIpc) is 2.66. The number of ether oxygens (including phenoxy) is 2. The number of anilines is 1. The number of amides is 2. The molecule has 1 aromatic carbocycles. The molecule has 2 fully saturated rings. The summed E-state index contributed by atoms with van der Waals surface area (Å²) in [4.78, 5) is 29.2. The normalized spacial score (nSPS) is 23.5. The number of benzene rings is 1. The third-order valence-corrected chi connectivity index (χ3v) is 5.69. The molecule has 1 N–H and O–H groups in total. The molecule has 0 saturated carbocycles. The Morgan fingerprint density at radius 3 is 2.19 bits per heavy atom. The summed E-state index contributed by atoms with van der Waals surface area (Å²) in [5, 5.41) is 2.70. The third-order valence-electron chi connectivity index (χ3n) is 5.69. The van der Waals surface area contributed by atoms with Crippen molar-refractivity contribution in [3.8, 4) is 0 Å². The fourth-order valence-electron chi connectivity index (χ4n) is 4.42. The van der Waals surface area contributed by atoms with Crippen LogP contribution in [0.15, 0.2) is 24.3 Å². The standard InChI is InChI=1S/C24H37N3O4/c1-17-14-26(15-18(2)30-17)16-19-10-12-27(13-11-19)22(28)20-6-8-21(9-7-20)25-23(29)31-24(3,4)5/h6-9,17-19H,10-16H2,1-5H3,(H,25,29). The van der Waals surface area contributed by atoms with Gasteiger partial charge in [0.2, 0.25) is 0 Å². The van der Waals surface area contributed by atoms with E-state index in [1.165, 1.54) is 0 Å². The van der Waals surface area contributed by atoms with Crippen LogP contribution in [0, 0.1) is 5.92 Å². The first kappa shape index (κ1) is 23.5. The van der Waals surface area contributed by atoms with Crippen LogP contribution in [0.4, 0.5) is 10.5 Å². The molecule has 0 radical (unpaired) electrons. The lowest BCUT2D eigenvalue weighted by atomic mass is 9.95. The Morgan fingerprint density at radius 1 is 1.06 bits per heavy atom. The largest absolute Gasteiger partial charge is 0.444 e. The molecule has 7 heteroatoms. The van der Waals surface area contributed by atoms with E-state index in [4.69, 9.17) is 9.47 Å². The van der Waals surface area contributed by atoms with Crippen molar-refractivity contribution in [2.75, 3.05) is 38.0 Å². The van der Waals surface area contributed by atoms with E-state index in [1.807, 2.05) is 25.7 Å². The second-order valence-corrected chi connectivity index (χ2v) is 9.92. The molecule has 3 rings (SSSR count). The van der Waals surface area contributed by atoms with Gasteiger partial charge in [0.05, 0.1) is 12.2 Å². The van der Waals surface area contributed by atoms with Gasteiger partial charge in [-0.2, -0.15) is 0 Å². The molecule has 2 saturated heterocycles. The van der Waals surface area contributed by atoms with Gasteiger partial charge >= 0.3 is 6.09 Å². The van der Waals surface area contributed by atoms with E-state index in [0.717, 1.165) is 45.6 Å². The fourth-order valence-corrected chi connectivity index (χ4v) is 4.42. The van der Waals surface area contributed by atoms with Crippen LogP contribution in [0.3, 0.4) is 0 Å². The van der Waals surface area contributed by atoms with Crippen molar-refractivity contribution in [1.82, 2.24) is 9.80 Å². The molecule has 7 nitrogen and oxygen atoms in total. The summed E-state index contributed by atoms with van der Waals surface area (Å²) in [6.45, 7) is 14.4. The van der Waals surface area contributed by atoms with Gasteiger partial charge in [0, 0.05) is 44.0 Å². The molecule has 2 aliphatic rings. The fraction of sp³-hybridized carbons (Fsp3) is 0.667. The van der Waals surface area contributed by atoms with E-state index in [0.29, 0.717) is 17.2 Å². The summed E-state index contributed by atoms with van der Waals surface area (Å²) in [6, 6.07) is 7.00. The number of hydrogen-bond acceptors (Lipinski definition) is 5. The van der Waals surface area contributed by atoms with Gasteiger partial charge < -0.3 is 14.4 Å². The van der Waals surface area contributed by atoms with Crippen LogP contribution in [0.5, 0.6) is 0 Å². The van der Waals surface area contributed by atoms with Gasteiger partial charge in [-0.3, -0.25) is 15.0 Å². The molecule has 2 heterocycles. The minimum atomic E-state index is -0.551. The van der Waals surface area contributed by atoms with Crippen LogP contribution < -0.4 is 5.32 Å². The predicted octanol–water partition coefficient (Wildman–Crippen LogP) is 4.00. The Labute approximate surface area is 186 Å². The SMILES string of the molecule is CC1CN(CC2CCN(C(=O)c3ccc(NC(=O)OC(C)(C)C)cc3)CC2)CC(C)O1. The van der Waals surface area contributed by atoms with E-state index in [2.05, 4.69) is 24.1 Å². The van der Waals surface area contributed by atoms with Crippen molar-refractivity contribution in [3.63, 3.8) is 0 Å². The van der Waals surface area contributed by atoms with Crippen molar-refractivity contribution in [1.29, 1.82) is 0 Å². The average molecular weight is 432 g/mol. The van der Waals surface area contributed by atoms with Crippen molar-refractivity contribution >= 4 is 17.7 Å². The van der Waals surface area contributed by atoms with Crippen LogP contribution in [0.1, 0.15) is 57.8 Å². The number of rotatable bonds is 4. The van der Waals surface area contributed by atoms with Gasteiger partial charge in [0.25, 0.3) is 5.91 Å². The number of carbonyl (C=O) groups excluding carboxylic acids is 2. The molecule has 31 heavy (non-hydrogen) atoms. The zero-order valence-corrected chi connectivity index (χ0v) is 19.5. The highest BCUT2D eigenvalue weighted by Gasteiger charge is 2.28. The van der Waals surface area contributed by atoms with Crippen molar-refractivity contribution in [2.45, 2.75) is 65.3 Å². The molecular weight excluding hydrogens is 394 g/mol. The first-order chi connectivity index (χ1) is 14.6. The maximum atomic E-state index is 12.9. The number of carbonyl (C=O) groups is 2. The zero-order chi connectivity index (χ0) is 22.6. The second kappa shape index (κ2) is 10.0. The van der Waals surface area contributed by atoms with E-state index >= 15 is 0 Å². The summed E-state index contributed by atoms with van der Waals surface area (Å²) < 4.78 is 11.1. The van der Waals surface area contributed by atoms with Gasteiger partial charge in [-0.05, 0) is 77.6 Å². The minimum Gasteiger partial charge on any atom is -0.444 e. The lowest BCUT2D eigenvalue weighted by Crippen LogP contribution is -2.48. The van der Waals surface area contributed by atoms with E-state index in [9.17, 15) is 9.59 Å². The first-order valence-corrected chi connectivity index (χ1v) is 11.4. The Hall–Kier alpha value is -2.12. The first-order valence-electron chi connectivity index (χ1n) is 11.4. The third kappa shape index (κ3) is 7.21. The van der Waals surface area contributed by atoms with Gasteiger partial charge in [-0.15, -0.1) is 0 Å². The highest BCUT2D eigenvalue weighted by Crippen LogP contribution is 2.23. The lowest BCUT2D eigenvalue weighted by Gasteiger charge is -2.39. The van der Waals surface area contributed by atoms with Gasteiger partial charge in [0.15, 0.2) is 0 Å². The minimum absolute atomic E-state index is 0.0517. The van der Waals surface area contributed by atoms with Crippen LogP contribution in [0.25, 0.3) is 0 Å². The summed E-state index contributed by atoms with van der Waals surface area (Å²) >= 11 is 0. The quantitative estimate of drug-likeness (QED) is 0.780. The van der Waals surface area contributed by atoms with E-state index in [1.54, 1.807) is 24.3 Å². The maximum Gasteiger partial charge on any atom is 0.412 e. The summed E-state index contributed by atoms with van der Waals surface area (Å²) in [5.41, 5.74) is 0.701. The molecule has 172 valence electrons. The van der Waals surface area contributed by atoms with E-state index in [-0.39, 0.29) is 18.1 Å². The predicted molar refractivity (Wildman–Crippen MR) is 121 cm³/mol. The Kier molecular flexibility index (Phi) is 7.59. The number of piperidine rings is 1. The highest BCUT2D eigenvalue weighted by atomic mass is 16.6. The number of nitrogens with one attached hydrogen (secondary N) is 1. The smallest absolute Gasteiger partial charge is 0.412 e. The van der Waals surface area contributed by atoms with Crippen molar-refractivity contribution in [2.24, 2.45) is 5.92 Å².